The smallest absolute Gasteiger partial charge is 0.161 e. The molecule has 0 unspecified atom stereocenters. The molecule has 0 aliphatic heterocycles. The molecule has 154 valence electrons. The number of rotatable bonds is 5. The molecule has 0 amide bonds. The number of nitrogens with zero attached hydrogens (tertiary/aromatic N) is 6. The van der Waals surface area contributed by atoms with Crippen LogP contribution in [0.25, 0.3) is 22.1 Å². The van der Waals surface area contributed by atoms with E-state index in [1.54, 1.807) is 11.8 Å². The summed E-state index contributed by atoms with van der Waals surface area (Å²) in [6.45, 7) is 6.53. The second-order valence-corrected chi connectivity index (χ2v) is 8.62. The molecular formula is C24H22N6S. The van der Waals surface area contributed by atoms with Gasteiger partial charge in [-0.3, -0.25) is 0 Å². The highest BCUT2D eigenvalue weighted by Crippen LogP contribution is 2.27. The molecule has 0 aliphatic carbocycles. The molecule has 0 atom stereocenters. The van der Waals surface area contributed by atoms with Crippen LogP contribution in [0.5, 0.6) is 0 Å². The highest BCUT2D eigenvalue weighted by atomic mass is 32.2. The van der Waals surface area contributed by atoms with Gasteiger partial charge in [0.15, 0.2) is 5.65 Å². The number of hydrogen-bond donors (Lipinski definition) is 0. The van der Waals surface area contributed by atoms with E-state index in [-0.39, 0.29) is 0 Å². The minimum absolute atomic E-state index is 0.554. The standard InChI is InChI=1S/C24H22N6S/c1-15-9-10-20-23-22(16(2)28-24(20)27-15)29-17(3)30(23)13-21-25-11-19(12-26-21)31-14-18-7-5-4-6-8-18/h4-12H,13-14H2,1-3H3. The van der Waals surface area contributed by atoms with Crippen molar-refractivity contribution < 1.29 is 0 Å². The minimum Gasteiger partial charge on any atom is -0.320 e. The van der Waals surface area contributed by atoms with Crippen molar-refractivity contribution >= 4 is 33.8 Å². The van der Waals surface area contributed by atoms with E-state index in [0.29, 0.717) is 6.54 Å². The fourth-order valence-corrected chi connectivity index (χ4v) is 4.47. The summed E-state index contributed by atoms with van der Waals surface area (Å²) in [7, 11) is 0. The van der Waals surface area contributed by atoms with Gasteiger partial charge < -0.3 is 4.57 Å². The monoisotopic (exact) mass is 426 g/mol. The average Bonchev–Trinajstić information content (AvgIpc) is 3.11. The lowest BCUT2D eigenvalue weighted by Gasteiger charge is -2.09. The first kappa shape index (κ1) is 19.6. The van der Waals surface area contributed by atoms with Gasteiger partial charge >= 0.3 is 0 Å². The summed E-state index contributed by atoms with van der Waals surface area (Å²) < 4.78 is 2.16. The van der Waals surface area contributed by atoms with Gasteiger partial charge in [-0.1, -0.05) is 30.3 Å². The highest BCUT2D eigenvalue weighted by Gasteiger charge is 2.16. The van der Waals surface area contributed by atoms with E-state index in [0.717, 1.165) is 55.8 Å². The minimum atomic E-state index is 0.554. The molecule has 0 N–H and O–H groups in total. The van der Waals surface area contributed by atoms with E-state index in [2.05, 4.69) is 54.8 Å². The van der Waals surface area contributed by atoms with Crippen LogP contribution < -0.4 is 0 Å². The summed E-state index contributed by atoms with van der Waals surface area (Å²) in [5.41, 5.74) is 5.82. The molecular weight excluding hydrogens is 404 g/mol. The maximum absolute atomic E-state index is 4.77. The largest absolute Gasteiger partial charge is 0.320 e. The van der Waals surface area contributed by atoms with Crippen molar-refractivity contribution in [3.05, 3.63) is 83.5 Å². The molecule has 5 aromatic rings. The highest BCUT2D eigenvalue weighted by molar-refractivity contribution is 7.98. The maximum Gasteiger partial charge on any atom is 0.161 e. The number of hydrogen-bond acceptors (Lipinski definition) is 6. The molecule has 4 aromatic heterocycles. The Morgan fingerprint density at radius 1 is 0.871 bits per heavy atom. The molecule has 5 rings (SSSR count). The van der Waals surface area contributed by atoms with Gasteiger partial charge in [0.25, 0.3) is 0 Å². The van der Waals surface area contributed by atoms with Gasteiger partial charge in [0.2, 0.25) is 0 Å². The van der Waals surface area contributed by atoms with E-state index in [4.69, 9.17) is 4.98 Å². The van der Waals surface area contributed by atoms with Crippen molar-refractivity contribution in [2.24, 2.45) is 0 Å². The first-order valence-electron chi connectivity index (χ1n) is 10.2. The third-order valence-corrected chi connectivity index (χ3v) is 6.30. The number of imidazole rings is 1. The van der Waals surface area contributed by atoms with Crippen molar-refractivity contribution in [2.75, 3.05) is 0 Å². The van der Waals surface area contributed by atoms with Crippen LogP contribution in [-0.2, 0) is 12.3 Å². The number of pyridine rings is 2. The quantitative estimate of drug-likeness (QED) is 0.367. The van der Waals surface area contributed by atoms with E-state index in [1.807, 2.05) is 45.3 Å². The molecule has 0 radical (unpaired) electrons. The van der Waals surface area contributed by atoms with Crippen molar-refractivity contribution in [3.8, 4) is 0 Å². The number of fused-ring (bicyclic) bond motifs is 3. The van der Waals surface area contributed by atoms with Crippen LogP contribution in [0.3, 0.4) is 0 Å². The number of benzene rings is 1. The van der Waals surface area contributed by atoms with Gasteiger partial charge in [-0.15, -0.1) is 11.8 Å². The molecule has 31 heavy (non-hydrogen) atoms. The van der Waals surface area contributed by atoms with E-state index < -0.39 is 0 Å². The normalized spacial score (nSPS) is 11.5. The summed E-state index contributed by atoms with van der Waals surface area (Å²) in [6, 6.07) is 14.5. The Morgan fingerprint density at radius 2 is 1.65 bits per heavy atom. The van der Waals surface area contributed by atoms with E-state index in [9.17, 15) is 0 Å². The van der Waals surface area contributed by atoms with Crippen molar-refractivity contribution in [2.45, 2.75) is 38.0 Å². The zero-order chi connectivity index (χ0) is 21.4. The Labute approximate surface area is 184 Å². The third kappa shape index (κ3) is 3.88. The first-order chi connectivity index (χ1) is 15.1. The van der Waals surface area contributed by atoms with E-state index in [1.165, 1.54) is 5.56 Å². The zero-order valence-electron chi connectivity index (χ0n) is 17.7. The molecule has 0 saturated heterocycles. The molecule has 0 bridgehead atoms. The van der Waals surface area contributed by atoms with Crippen LogP contribution in [0.15, 0.2) is 59.8 Å². The molecule has 7 heteroatoms. The summed E-state index contributed by atoms with van der Waals surface area (Å²) in [5, 5.41) is 1.00. The Bertz CT molecular complexity index is 1380. The SMILES string of the molecule is Cc1ccc2c(n1)nc(C)c1nc(C)n(Cc3ncc(SCc4ccccc4)cn3)c12. The lowest BCUT2D eigenvalue weighted by molar-refractivity contribution is 0.733. The molecule has 0 aliphatic rings. The van der Waals surface area contributed by atoms with Crippen LogP contribution in [0.2, 0.25) is 0 Å². The van der Waals surface area contributed by atoms with Gasteiger partial charge in [-0.2, -0.15) is 0 Å². The predicted molar refractivity (Wildman–Crippen MR) is 124 cm³/mol. The fourth-order valence-electron chi connectivity index (χ4n) is 3.69. The third-order valence-electron chi connectivity index (χ3n) is 5.27. The molecule has 0 saturated carbocycles. The molecule has 1 aromatic carbocycles. The van der Waals surface area contributed by atoms with Gasteiger partial charge in [0, 0.05) is 34.1 Å². The molecule has 0 spiro atoms. The number of aromatic nitrogens is 6. The molecule has 0 fully saturated rings. The van der Waals surface area contributed by atoms with Crippen molar-refractivity contribution in [1.82, 2.24) is 29.5 Å². The lowest BCUT2D eigenvalue weighted by atomic mass is 10.2. The lowest BCUT2D eigenvalue weighted by Crippen LogP contribution is -2.06. The van der Waals surface area contributed by atoms with Crippen LogP contribution >= 0.6 is 11.8 Å². The Morgan fingerprint density at radius 3 is 2.42 bits per heavy atom. The van der Waals surface area contributed by atoms with Crippen LogP contribution in [0, 0.1) is 20.8 Å². The van der Waals surface area contributed by atoms with Gasteiger partial charge in [-0.25, -0.2) is 24.9 Å². The predicted octanol–water partition coefficient (Wildman–Crippen LogP) is 5.04. The fraction of sp³-hybridized carbons (Fsp3) is 0.208. The van der Waals surface area contributed by atoms with E-state index >= 15 is 0 Å². The van der Waals surface area contributed by atoms with Crippen molar-refractivity contribution in [1.29, 1.82) is 0 Å². The first-order valence-corrected chi connectivity index (χ1v) is 11.2. The van der Waals surface area contributed by atoms with Gasteiger partial charge in [0.05, 0.1) is 17.8 Å². The number of aryl methyl sites for hydroxylation is 3. The van der Waals surface area contributed by atoms with Gasteiger partial charge in [0.1, 0.15) is 17.2 Å². The molecule has 6 nitrogen and oxygen atoms in total. The van der Waals surface area contributed by atoms with Crippen LogP contribution in [0.1, 0.15) is 28.6 Å². The number of thioether (sulfide) groups is 1. The maximum atomic E-state index is 4.77. The summed E-state index contributed by atoms with van der Waals surface area (Å²) in [5.74, 6) is 2.58. The zero-order valence-corrected chi connectivity index (χ0v) is 18.5. The Balaban J connectivity index is 1.45. The van der Waals surface area contributed by atoms with Crippen molar-refractivity contribution in [3.63, 3.8) is 0 Å². The van der Waals surface area contributed by atoms with Crippen LogP contribution in [-0.4, -0.2) is 29.5 Å². The topological polar surface area (TPSA) is 69.4 Å². The second kappa shape index (κ2) is 8.07. The van der Waals surface area contributed by atoms with Gasteiger partial charge in [-0.05, 0) is 38.5 Å². The summed E-state index contributed by atoms with van der Waals surface area (Å²) >= 11 is 1.74. The Hall–Kier alpha value is -3.32. The van der Waals surface area contributed by atoms with Crippen LogP contribution in [0.4, 0.5) is 0 Å². The Kier molecular flexibility index (Phi) is 5.11. The summed E-state index contributed by atoms with van der Waals surface area (Å²) in [4.78, 5) is 24.3. The summed E-state index contributed by atoms with van der Waals surface area (Å²) in [6.07, 6.45) is 3.81. The molecule has 4 heterocycles. The second-order valence-electron chi connectivity index (χ2n) is 7.57. The average molecular weight is 427 g/mol.